The molecule has 0 unspecified atom stereocenters. The SMILES string of the molecule is CCCCCCCCOc1ccc([NH2+]C(=O)OCCN2CCCCC2)cc1. The molecule has 1 saturated heterocycles. The van der Waals surface area contributed by atoms with Crippen molar-refractivity contribution in [3.8, 4) is 5.75 Å². The van der Waals surface area contributed by atoms with E-state index in [4.69, 9.17) is 9.47 Å². The fourth-order valence-corrected chi connectivity index (χ4v) is 3.37. The van der Waals surface area contributed by atoms with Crippen LogP contribution in [0.3, 0.4) is 0 Å². The summed E-state index contributed by atoms with van der Waals surface area (Å²) in [6, 6.07) is 7.65. The van der Waals surface area contributed by atoms with Crippen LogP contribution in [0, 0.1) is 0 Å². The number of benzene rings is 1. The van der Waals surface area contributed by atoms with Gasteiger partial charge in [0, 0.05) is 18.7 Å². The van der Waals surface area contributed by atoms with Gasteiger partial charge in [0.2, 0.25) is 0 Å². The number of piperidine rings is 1. The second-order valence-corrected chi connectivity index (χ2v) is 7.40. The fourth-order valence-electron chi connectivity index (χ4n) is 3.37. The number of ether oxygens (including phenoxy) is 2. The van der Waals surface area contributed by atoms with E-state index in [1.807, 2.05) is 24.3 Å². The highest BCUT2D eigenvalue weighted by Crippen LogP contribution is 2.14. The predicted octanol–water partition coefficient (Wildman–Crippen LogP) is 4.24. The van der Waals surface area contributed by atoms with Gasteiger partial charge in [-0.15, -0.1) is 0 Å². The van der Waals surface area contributed by atoms with Crippen molar-refractivity contribution in [3.63, 3.8) is 0 Å². The number of nitrogens with two attached hydrogens (primary N) is 1. The Bertz CT molecular complexity index is 513. The Labute approximate surface area is 164 Å². The minimum atomic E-state index is -0.271. The standard InChI is InChI=1S/C22H36N2O3/c1-2-3-4-5-6-10-18-26-21-13-11-20(12-14-21)23-22(25)27-19-17-24-15-8-7-9-16-24/h11-14H,2-10,15-19H2,1H3,(H,23,25)/p+1. The van der Waals surface area contributed by atoms with Gasteiger partial charge in [-0.25, -0.2) is 5.32 Å². The topological polar surface area (TPSA) is 55.4 Å². The second-order valence-electron chi connectivity index (χ2n) is 7.40. The average molecular weight is 378 g/mol. The Balaban J connectivity index is 1.55. The number of hydrogen-bond acceptors (Lipinski definition) is 4. The largest absolute Gasteiger partial charge is 0.517 e. The van der Waals surface area contributed by atoms with Crippen LogP contribution in [0.4, 0.5) is 10.5 Å². The molecule has 0 aliphatic carbocycles. The molecule has 0 radical (unpaired) electrons. The van der Waals surface area contributed by atoms with Crippen molar-refractivity contribution in [3.05, 3.63) is 24.3 Å². The molecule has 1 amide bonds. The van der Waals surface area contributed by atoms with E-state index in [2.05, 4.69) is 11.8 Å². The smallest absolute Gasteiger partial charge is 0.494 e. The van der Waals surface area contributed by atoms with Crippen molar-refractivity contribution in [2.45, 2.75) is 64.7 Å². The Morgan fingerprint density at radius 1 is 0.963 bits per heavy atom. The van der Waals surface area contributed by atoms with E-state index >= 15 is 0 Å². The summed E-state index contributed by atoms with van der Waals surface area (Å²) in [6.07, 6.45) is 11.1. The molecule has 1 aliphatic heterocycles. The molecule has 1 heterocycles. The van der Waals surface area contributed by atoms with Crippen molar-refractivity contribution >= 4 is 11.8 Å². The van der Waals surface area contributed by atoms with E-state index in [9.17, 15) is 4.79 Å². The van der Waals surface area contributed by atoms with Crippen LogP contribution in [0.5, 0.6) is 5.75 Å². The summed E-state index contributed by atoms with van der Waals surface area (Å²) in [4.78, 5) is 14.3. The third-order valence-corrected chi connectivity index (χ3v) is 5.03. The summed E-state index contributed by atoms with van der Waals surface area (Å²) < 4.78 is 11.1. The Morgan fingerprint density at radius 3 is 2.41 bits per heavy atom. The van der Waals surface area contributed by atoms with Crippen LogP contribution in [-0.2, 0) is 4.74 Å². The molecule has 1 aromatic carbocycles. The Morgan fingerprint density at radius 2 is 1.67 bits per heavy atom. The second kappa shape index (κ2) is 13.6. The van der Waals surface area contributed by atoms with Crippen LogP contribution in [-0.4, -0.2) is 43.8 Å². The van der Waals surface area contributed by atoms with Gasteiger partial charge in [0.1, 0.15) is 18.0 Å². The molecule has 1 aromatic rings. The van der Waals surface area contributed by atoms with Crippen LogP contribution in [0.2, 0.25) is 0 Å². The predicted molar refractivity (Wildman–Crippen MR) is 109 cm³/mol. The molecule has 1 fully saturated rings. The lowest BCUT2D eigenvalue weighted by atomic mass is 10.1. The molecule has 27 heavy (non-hydrogen) atoms. The number of rotatable bonds is 12. The van der Waals surface area contributed by atoms with Crippen molar-refractivity contribution in [1.82, 2.24) is 4.90 Å². The van der Waals surface area contributed by atoms with Crippen LogP contribution in [0.1, 0.15) is 64.7 Å². The van der Waals surface area contributed by atoms with Crippen molar-refractivity contribution < 1.29 is 19.6 Å². The molecule has 5 nitrogen and oxygen atoms in total. The summed E-state index contributed by atoms with van der Waals surface area (Å²) in [5.74, 6) is 0.860. The van der Waals surface area contributed by atoms with E-state index in [0.29, 0.717) is 6.61 Å². The summed E-state index contributed by atoms with van der Waals surface area (Å²) in [5, 5.41) is 1.55. The third kappa shape index (κ3) is 9.78. The minimum absolute atomic E-state index is 0.271. The lowest BCUT2D eigenvalue weighted by Gasteiger charge is -2.25. The van der Waals surface area contributed by atoms with E-state index in [-0.39, 0.29) is 6.09 Å². The number of hydrogen-bond donors (Lipinski definition) is 1. The summed E-state index contributed by atoms with van der Waals surface area (Å²) in [5.41, 5.74) is 0.852. The summed E-state index contributed by atoms with van der Waals surface area (Å²) in [6.45, 7) is 6.55. The van der Waals surface area contributed by atoms with Crippen LogP contribution in [0.15, 0.2) is 24.3 Å². The van der Waals surface area contributed by atoms with Gasteiger partial charge in [-0.3, -0.25) is 4.90 Å². The third-order valence-electron chi connectivity index (χ3n) is 5.03. The van der Waals surface area contributed by atoms with Crippen LogP contribution >= 0.6 is 0 Å². The zero-order valence-electron chi connectivity index (χ0n) is 17.0. The van der Waals surface area contributed by atoms with Gasteiger partial charge < -0.3 is 9.47 Å². The van der Waals surface area contributed by atoms with Crippen molar-refractivity contribution in [1.29, 1.82) is 0 Å². The number of carbonyl (C=O) groups excluding carboxylic acids is 1. The van der Waals surface area contributed by atoms with Gasteiger partial charge >= 0.3 is 6.09 Å². The number of amides is 1. The van der Waals surface area contributed by atoms with E-state index in [1.165, 1.54) is 51.4 Å². The molecule has 0 aromatic heterocycles. The molecule has 1 aliphatic rings. The van der Waals surface area contributed by atoms with Gasteiger partial charge in [-0.05, 0) is 44.5 Å². The van der Waals surface area contributed by atoms with Gasteiger partial charge in [0.15, 0.2) is 0 Å². The molecule has 0 bridgehead atoms. The van der Waals surface area contributed by atoms with Crippen LogP contribution < -0.4 is 10.1 Å². The number of likely N-dealkylation sites (tertiary alicyclic amines) is 1. The highest BCUT2D eigenvalue weighted by Gasteiger charge is 2.13. The zero-order valence-corrected chi connectivity index (χ0v) is 17.0. The van der Waals surface area contributed by atoms with Gasteiger partial charge in [-0.1, -0.05) is 45.4 Å². The molecular weight excluding hydrogens is 340 g/mol. The normalized spacial score (nSPS) is 14.9. The first-order chi connectivity index (χ1) is 13.3. The van der Waals surface area contributed by atoms with Gasteiger partial charge in [0.25, 0.3) is 0 Å². The molecule has 0 saturated carbocycles. The first kappa shape index (κ1) is 21.7. The molecule has 152 valence electrons. The number of nitrogens with zero attached hydrogens (tertiary/aromatic N) is 1. The quantitative estimate of drug-likeness (QED) is 0.437. The Kier molecular flexibility index (Phi) is 10.9. The van der Waals surface area contributed by atoms with E-state index < -0.39 is 0 Å². The molecule has 2 rings (SSSR count). The van der Waals surface area contributed by atoms with Gasteiger partial charge in [0.05, 0.1) is 6.61 Å². The summed E-state index contributed by atoms with van der Waals surface area (Å²) in [7, 11) is 0. The highest BCUT2D eigenvalue weighted by atomic mass is 16.5. The summed E-state index contributed by atoms with van der Waals surface area (Å²) >= 11 is 0. The highest BCUT2D eigenvalue weighted by molar-refractivity contribution is 5.59. The number of unbranched alkanes of at least 4 members (excludes halogenated alkanes) is 5. The first-order valence-electron chi connectivity index (χ1n) is 10.7. The zero-order chi connectivity index (χ0) is 19.2. The maximum absolute atomic E-state index is 11.9. The lowest BCUT2D eigenvalue weighted by molar-refractivity contribution is -0.482. The first-order valence-corrected chi connectivity index (χ1v) is 10.7. The minimum Gasteiger partial charge on any atom is -0.494 e. The number of primary amides is 1. The number of quaternary nitrogens is 1. The maximum Gasteiger partial charge on any atom is 0.517 e. The van der Waals surface area contributed by atoms with Crippen molar-refractivity contribution in [2.24, 2.45) is 0 Å². The van der Waals surface area contributed by atoms with Crippen molar-refractivity contribution in [2.75, 3.05) is 32.8 Å². The molecule has 5 heteroatoms. The van der Waals surface area contributed by atoms with E-state index in [0.717, 1.165) is 44.1 Å². The van der Waals surface area contributed by atoms with Gasteiger partial charge in [-0.2, -0.15) is 4.79 Å². The van der Waals surface area contributed by atoms with Crippen LogP contribution in [0.25, 0.3) is 0 Å². The van der Waals surface area contributed by atoms with E-state index in [1.54, 1.807) is 5.32 Å². The fraction of sp³-hybridized carbons (Fsp3) is 0.682. The number of carbonyl (C=O) groups is 1. The molecule has 0 atom stereocenters. The maximum atomic E-state index is 11.9. The molecule has 0 spiro atoms. The lowest BCUT2D eigenvalue weighted by Crippen LogP contribution is -2.82. The average Bonchev–Trinajstić information content (AvgIpc) is 2.69. The Hall–Kier alpha value is -1.59. The monoisotopic (exact) mass is 377 g/mol. The molecular formula is C22H37N2O3+. The molecule has 2 N–H and O–H groups in total.